The fraction of sp³-hybridized carbons (Fsp3) is 0.185. The van der Waals surface area contributed by atoms with E-state index in [0.29, 0.717) is 26.1 Å². The van der Waals surface area contributed by atoms with Crippen LogP contribution in [0.2, 0.25) is 5.02 Å². The zero-order valence-electron chi connectivity index (χ0n) is 18.7. The molecule has 0 unspecified atom stereocenters. The van der Waals surface area contributed by atoms with E-state index in [9.17, 15) is 12.8 Å². The molecule has 0 fully saturated rings. The van der Waals surface area contributed by atoms with Crippen molar-refractivity contribution in [2.24, 2.45) is 0 Å². The van der Waals surface area contributed by atoms with Gasteiger partial charge in [0, 0.05) is 41.8 Å². The van der Waals surface area contributed by atoms with E-state index >= 15 is 0 Å². The van der Waals surface area contributed by atoms with Gasteiger partial charge >= 0.3 is 0 Å². The SMILES string of the molecule is Cc1c(C2=CCN(S(=O)(=O)c3ccccc3Cl)CC2)c2ccccc2n1Cc1ccc(F)cc1. The summed E-state index contributed by atoms with van der Waals surface area (Å²) in [7, 11) is -3.67. The predicted octanol–water partition coefficient (Wildman–Crippen LogP) is 6.27. The molecule has 0 saturated heterocycles. The first-order chi connectivity index (χ1) is 16.4. The van der Waals surface area contributed by atoms with Gasteiger partial charge in [-0.05, 0) is 54.8 Å². The molecule has 2 heterocycles. The van der Waals surface area contributed by atoms with Crippen LogP contribution < -0.4 is 0 Å². The summed E-state index contributed by atoms with van der Waals surface area (Å²) in [6.45, 7) is 3.40. The molecule has 5 rings (SSSR count). The average Bonchev–Trinajstić information content (AvgIpc) is 3.12. The molecule has 0 radical (unpaired) electrons. The monoisotopic (exact) mass is 494 g/mol. The number of para-hydroxylation sites is 1. The lowest BCUT2D eigenvalue weighted by Gasteiger charge is -2.26. The number of benzene rings is 3. The summed E-state index contributed by atoms with van der Waals surface area (Å²) in [6, 6.07) is 21.3. The summed E-state index contributed by atoms with van der Waals surface area (Å²) in [4.78, 5) is 0.139. The van der Waals surface area contributed by atoms with Crippen molar-refractivity contribution in [1.29, 1.82) is 0 Å². The van der Waals surface area contributed by atoms with Crippen LogP contribution >= 0.6 is 11.6 Å². The third-order valence-electron chi connectivity index (χ3n) is 6.43. The zero-order chi connectivity index (χ0) is 23.9. The zero-order valence-corrected chi connectivity index (χ0v) is 20.3. The van der Waals surface area contributed by atoms with E-state index in [4.69, 9.17) is 11.6 Å². The molecule has 7 heteroatoms. The van der Waals surface area contributed by atoms with Gasteiger partial charge in [0.25, 0.3) is 0 Å². The van der Waals surface area contributed by atoms with Crippen molar-refractivity contribution in [1.82, 2.24) is 8.87 Å². The van der Waals surface area contributed by atoms with Crippen molar-refractivity contribution in [2.75, 3.05) is 13.1 Å². The van der Waals surface area contributed by atoms with Crippen molar-refractivity contribution < 1.29 is 12.8 Å². The van der Waals surface area contributed by atoms with Crippen LogP contribution in [0, 0.1) is 12.7 Å². The highest BCUT2D eigenvalue weighted by atomic mass is 35.5. The Kier molecular flexibility index (Phi) is 6.06. The summed E-state index contributed by atoms with van der Waals surface area (Å²) < 4.78 is 43.4. The summed E-state index contributed by atoms with van der Waals surface area (Å²) in [5, 5.41) is 1.37. The van der Waals surface area contributed by atoms with Crippen LogP contribution in [-0.2, 0) is 16.6 Å². The van der Waals surface area contributed by atoms with Crippen molar-refractivity contribution in [3.05, 3.63) is 107 Å². The van der Waals surface area contributed by atoms with Crippen LogP contribution in [0.1, 0.15) is 23.2 Å². The van der Waals surface area contributed by atoms with Crippen molar-refractivity contribution in [3.63, 3.8) is 0 Å². The molecule has 0 bridgehead atoms. The van der Waals surface area contributed by atoms with Crippen LogP contribution in [0.15, 0.2) is 83.8 Å². The van der Waals surface area contributed by atoms with Gasteiger partial charge in [-0.3, -0.25) is 0 Å². The molecule has 0 saturated carbocycles. The molecule has 34 heavy (non-hydrogen) atoms. The lowest BCUT2D eigenvalue weighted by molar-refractivity contribution is 0.441. The molecular formula is C27H24ClFN2O2S. The summed E-state index contributed by atoms with van der Waals surface area (Å²) in [5.74, 6) is -0.248. The maximum absolute atomic E-state index is 13.4. The number of rotatable bonds is 5. The van der Waals surface area contributed by atoms with Crippen LogP contribution in [0.5, 0.6) is 0 Å². The molecule has 0 N–H and O–H groups in total. The molecule has 1 aliphatic rings. The minimum atomic E-state index is -3.67. The summed E-state index contributed by atoms with van der Waals surface area (Å²) in [5.41, 5.74) is 5.52. The number of halogens is 2. The molecule has 1 aromatic heterocycles. The molecule has 3 aromatic carbocycles. The Labute approximate surface area is 203 Å². The largest absolute Gasteiger partial charge is 0.340 e. The highest BCUT2D eigenvalue weighted by Gasteiger charge is 2.29. The van der Waals surface area contributed by atoms with Gasteiger partial charge in [-0.1, -0.05) is 60.1 Å². The van der Waals surface area contributed by atoms with Crippen LogP contribution in [-0.4, -0.2) is 30.4 Å². The molecule has 0 aliphatic carbocycles. The number of fused-ring (bicyclic) bond motifs is 1. The predicted molar refractivity (Wildman–Crippen MR) is 135 cm³/mol. The Balaban J connectivity index is 1.50. The summed E-state index contributed by atoms with van der Waals surface area (Å²) >= 11 is 6.17. The van der Waals surface area contributed by atoms with Gasteiger partial charge in [0.15, 0.2) is 0 Å². The minimum Gasteiger partial charge on any atom is -0.340 e. The minimum absolute atomic E-state index is 0.139. The van der Waals surface area contributed by atoms with E-state index in [1.54, 1.807) is 36.4 Å². The van der Waals surface area contributed by atoms with Crippen molar-refractivity contribution in [3.8, 4) is 0 Å². The van der Waals surface area contributed by atoms with E-state index in [0.717, 1.165) is 33.3 Å². The highest BCUT2D eigenvalue weighted by molar-refractivity contribution is 7.89. The van der Waals surface area contributed by atoms with Crippen LogP contribution in [0.4, 0.5) is 4.39 Å². The quantitative estimate of drug-likeness (QED) is 0.328. The fourth-order valence-corrected chi connectivity index (χ4v) is 6.58. The Morgan fingerprint density at radius 3 is 2.38 bits per heavy atom. The van der Waals surface area contributed by atoms with Crippen LogP contribution in [0.3, 0.4) is 0 Å². The first-order valence-corrected chi connectivity index (χ1v) is 12.9. The highest BCUT2D eigenvalue weighted by Crippen LogP contribution is 2.36. The van der Waals surface area contributed by atoms with Crippen LogP contribution in [0.25, 0.3) is 16.5 Å². The Hall–Kier alpha value is -2.93. The number of hydrogen-bond donors (Lipinski definition) is 0. The number of sulfonamides is 1. The molecule has 1 aliphatic heterocycles. The number of hydrogen-bond acceptors (Lipinski definition) is 2. The Morgan fingerprint density at radius 1 is 0.971 bits per heavy atom. The molecular weight excluding hydrogens is 471 g/mol. The molecule has 0 spiro atoms. The summed E-state index contributed by atoms with van der Waals surface area (Å²) in [6.07, 6.45) is 2.62. The van der Waals surface area contributed by atoms with Gasteiger partial charge in [-0.2, -0.15) is 4.31 Å². The number of aromatic nitrogens is 1. The van der Waals surface area contributed by atoms with Gasteiger partial charge in [-0.25, -0.2) is 12.8 Å². The van der Waals surface area contributed by atoms with Gasteiger partial charge < -0.3 is 4.57 Å². The Bertz CT molecular complexity index is 1510. The second-order valence-electron chi connectivity index (χ2n) is 8.46. The maximum atomic E-state index is 13.4. The third kappa shape index (κ3) is 4.06. The van der Waals surface area contributed by atoms with Crippen molar-refractivity contribution in [2.45, 2.75) is 24.8 Å². The van der Waals surface area contributed by atoms with Gasteiger partial charge in [0.1, 0.15) is 10.7 Å². The van der Waals surface area contributed by atoms with Crippen molar-refractivity contribution >= 4 is 38.1 Å². The van der Waals surface area contributed by atoms with E-state index in [1.807, 2.05) is 18.2 Å². The van der Waals surface area contributed by atoms with Gasteiger partial charge in [0.2, 0.25) is 10.0 Å². The van der Waals surface area contributed by atoms with Gasteiger partial charge in [0.05, 0.1) is 5.02 Å². The normalized spacial score (nSPS) is 15.0. The van der Waals surface area contributed by atoms with E-state index in [1.165, 1.54) is 16.4 Å². The topological polar surface area (TPSA) is 42.3 Å². The standard InChI is InChI=1S/C27H24ClFN2O2S/c1-19-27(21-14-16-30(17-15-21)34(32,33)26-9-5-3-7-24(26)28)23-6-2-4-8-25(23)31(19)18-20-10-12-22(29)13-11-20/h2-14H,15-18H2,1H3. The Morgan fingerprint density at radius 2 is 1.68 bits per heavy atom. The fourth-order valence-electron chi connectivity index (χ4n) is 4.70. The molecule has 174 valence electrons. The molecule has 4 aromatic rings. The molecule has 0 atom stereocenters. The maximum Gasteiger partial charge on any atom is 0.244 e. The number of nitrogens with zero attached hydrogens (tertiary/aromatic N) is 2. The second kappa shape index (κ2) is 9.02. The first-order valence-electron chi connectivity index (χ1n) is 11.1. The second-order valence-corrected chi connectivity index (χ2v) is 10.8. The lowest BCUT2D eigenvalue weighted by Crippen LogP contribution is -2.34. The van der Waals surface area contributed by atoms with E-state index < -0.39 is 10.0 Å². The van der Waals surface area contributed by atoms with E-state index in [-0.39, 0.29) is 15.7 Å². The average molecular weight is 495 g/mol. The smallest absolute Gasteiger partial charge is 0.244 e. The molecule has 4 nitrogen and oxygen atoms in total. The first kappa shape index (κ1) is 22.8. The lowest BCUT2D eigenvalue weighted by atomic mass is 9.97. The van der Waals surface area contributed by atoms with E-state index in [2.05, 4.69) is 23.6 Å². The molecule has 0 amide bonds. The van der Waals surface area contributed by atoms with Gasteiger partial charge in [-0.15, -0.1) is 0 Å². The third-order valence-corrected chi connectivity index (χ3v) is 8.80.